The number of Topliss-reactive ketones (excluding diaryl/α,β-unsaturated/α-hetero) is 1. The highest BCUT2D eigenvalue weighted by molar-refractivity contribution is 6.00. The lowest BCUT2D eigenvalue weighted by Crippen LogP contribution is -2.34. The molecule has 9 nitrogen and oxygen atoms in total. The number of carbonyl (C=O) groups excluding carboxylic acids is 1. The Morgan fingerprint density at radius 3 is 2.36 bits per heavy atom. The Morgan fingerprint density at radius 2 is 1.78 bits per heavy atom. The molecule has 188 valence electrons. The van der Waals surface area contributed by atoms with Crippen LogP contribution in [0.2, 0.25) is 0 Å². The van der Waals surface area contributed by atoms with Gasteiger partial charge in [0, 0.05) is 23.9 Å². The molecule has 0 saturated heterocycles. The van der Waals surface area contributed by atoms with Gasteiger partial charge in [-0.05, 0) is 42.2 Å². The minimum Gasteiger partial charge on any atom is -0.493 e. The normalized spacial score (nSPS) is 19.3. The summed E-state index contributed by atoms with van der Waals surface area (Å²) >= 11 is 0. The summed E-state index contributed by atoms with van der Waals surface area (Å²) in [4.78, 5) is 21.5. The number of ketones is 1. The van der Waals surface area contributed by atoms with Crippen LogP contribution in [0.3, 0.4) is 0 Å². The highest BCUT2D eigenvalue weighted by Gasteiger charge is 2.44. The van der Waals surface area contributed by atoms with E-state index in [1.165, 1.54) is 27.5 Å². The number of anilines is 1. The van der Waals surface area contributed by atoms with E-state index in [1.54, 1.807) is 30.3 Å². The molecule has 2 atom stereocenters. The maximum Gasteiger partial charge on any atom is 0.453 e. The molecule has 0 fully saturated rings. The SMILES string of the molecule is COc1cc([C@@H]2CC(=O)C3=C(C2)Nc2nc(C(F)(F)F)nn2[C@H]3c2ccccn2)cc(OC)c1OC. The first-order chi connectivity index (χ1) is 17.2. The van der Waals surface area contributed by atoms with Crippen molar-refractivity contribution in [2.75, 3.05) is 26.6 Å². The smallest absolute Gasteiger partial charge is 0.453 e. The zero-order valence-corrected chi connectivity index (χ0v) is 19.6. The van der Waals surface area contributed by atoms with Crippen molar-refractivity contribution in [3.63, 3.8) is 0 Å². The number of ether oxygens (including phenoxy) is 3. The molecule has 3 heterocycles. The standard InChI is InChI=1S/C24H22F3N5O4/c1-34-17-10-13(11-18(35-2)21(17)36-3)12-8-15-19(16(33)9-12)20(14-6-4-5-7-28-14)32-23(29-15)30-22(31-32)24(25,26)27/h4-7,10-12,20H,8-9H2,1-3H3,(H,29,30,31)/t12-,20-/m0/s1. The van der Waals surface area contributed by atoms with Crippen molar-refractivity contribution in [3.8, 4) is 17.2 Å². The van der Waals surface area contributed by atoms with Crippen LogP contribution in [0.25, 0.3) is 0 Å². The molecule has 0 spiro atoms. The average Bonchev–Trinajstić information content (AvgIpc) is 3.31. The molecule has 2 aromatic heterocycles. The number of carbonyl (C=O) groups is 1. The first-order valence-electron chi connectivity index (χ1n) is 11.0. The van der Waals surface area contributed by atoms with E-state index >= 15 is 0 Å². The Bertz CT molecular complexity index is 1330. The van der Waals surface area contributed by atoms with Crippen LogP contribution in [-0.2, 0) is 11.0 Å². The quantitative estimate of drug-likeness (QED) is 0.557. The number of nitrogens with zero attached hydrogens (tertiary/aromatic N) is 4. The van der Waals surface area contributed by atoms with Gasteiger partial charge in [-0.1, -0.05) is 6.07 Å². The van der Waals surface area contributed by atoms with Crippen molar-refractivity contribution in [3.05, 3.63) is 64.9 Å². The Kier molecular flexibility index (Phi) is 5.81. The second-order valence-corrected chi connectivity index (χ2v) is 8.36. The minimum atomic E-state index is -4.75. The molecule has 5 rings (SSSR count). The first-order valence-corrected chi connectivity index (χ1v) is 11.0. The number of aromatic nitrogens is 4. The second kappa shape index (κ2) is 8.85. The minimum absolute atomic E-state index is 0.102. The molecule has 1 N–H and O–H groups in total. The molecule has 2 aliphatic rings. The molecule has 1 aromatic carbocycles. The lowest BCUT2D eigenvalue weighted by molar-refractivity contribution is -0.145. The van der Waals surface area contributed by atoms with E-state index in [1.807, 2.05) is 0 Å². The van der Waals surface area contributed by atoms with Gasteiger partial charge in [-0.25, -0.2) is 4.68 Å². The van der Waals surface area contributed by atoms with Gasteiger partial charge in [0.25, 0.3) is 5.82 Å². The molecule has 0 radical (unpaired) electrons. The molecule has 1 aliphatic carbocycles. The highest BCUT2D eigenvalue weighted by Crippen LogP contribution is 2.47. The third-order valence-electron chi connectivity index (χ3n) is 6.30. The third kappa shape index (κ3) is 3.91. The number of nitrogens with one attached hydrogen (secondary N) is 1. The zero-order valence-electron chi connectivity index (χ0n) is 19.6. The predicted octanol–water partition coefficient (Wildman–Crippen LogP) is 4.13. The average molecular weight is 501 g/mol. The van der Waals surface area contributed by atoms with Crippen molar-refractivity contribution in [1.29, 1.82) is 0 Å². The van der Waals surface area contributed by atoms with E-state index in [4.69, 9.17) is 14.2 Å². The number of benzene rings is 1. The fraction of sp³-hybridized carbons (Fsp3) is 0.333. The molecule has 0 saturated carbocycles. The van der Waals surface area contributed by atoms with Crippen LogP contribution in [0.15, 0.2) is 47.8 Å². The summed E-state index contributed by atoms with van der Waals surface area (Å²) in [6, 6.07) is 7.65. The molecule has 1 aliphatic heterocycles. The number of hydrogen-bond acceptors (Lipinski definition) is 8. The van der Waals surface area contributed by atoms with Crippen LogP contribution in [0, 0.1) is 0 Å². The van der Waals surface area contributed by atoms with Gasteiger partial charge in [0.05, 0.1) is 27.0 Å². The third-order valence-corrected chi connectivity index (χ3v) is 6.30. The molecule has 12 heteroatoms. The molecule has 0 unspecified atom stereocenters. The van der Waals surface area contributed by atoms with Gasteiger partial charge in [-0.3, -0.25) is 9.78 Å². The van der Waals surface area contributed by atoms with E-state index in [-0.39, 0.29) is 24.1 Å². The number of allylic oxidation sites excluding steroid dienone is 2. The molecular formula is C24H22F3N5O4. The monoisotopic (exact) mass is 501 g/mol. The van der Waals surface area contributed by atoms with E-state index < -0.39 is 18.0 Å². The Balaban J connectivity index is 1.60. The molecule has 0 amide bonds. The maximum atomic E-state index is 13.5. The predicted molar refractivity (Wildman–Crippen MR) is 121 cm³/mol. The summed E-state index contributed by atoms with van der Waals surface area (Å²) in [5, 5.41) is 6.63. The second-order valence-electron chi connectivity index (χ2n) is 8.36. The van der Waals surface area contributed by atoms with Gasteiger partial charge in [0.2, 0.25) is 11.7 Å². The number of methoxy groups -OCH3 is 3. The number of halogens is 3. The fourth-order valence-corrected chi connectivity index (χ4v) is 4.72. The number of pyridine rings is 1. The molecule has 0 bridgehead atoms. The van der Waals surface area contributed by atoms with E-state index in [9.17, 15) is 18.0 Å². The van der Waals surface area contributed by atoms with Crippen molar-refractivity contribution >= 4 is 11.7 Å². The van der Waals surface area contributed by atoms with Gasteiger partial charge in [0.15, 0.2) is 17.3 Å². The van der Waals surface area contributed by atoms with Gasteiger partial charge in [-0.15, -0.1) is 5.10 Å². The lowest BCUT2D eigenvalue weighted by Gasteiger charge is -2.34. The van der Waals surface area contributed by atoms with Crippen LogP contribution in [0.5, 0.6) is 17.2 Å². The van der Waals surface area contributed by atoms with Crippen molar-refractivity contribution in [2.45, 2.75) is 31.0 Å². The number of fused-ring (bicyclic) bond motifs is 1. The molecule has 36 heavy (non-hydrogen) atoms. The number of hydrogen-bond donors (Lipinski definition) is 1. The summed E-state index contributed by atoms with van der Waals surface area (Å²) in [5.41, 5.74) is 1.97. The summed E-state index contributed by atoms with van der Waals surface area (Å²) < 4.78 is 57.7. The Morgan fingerprint density at radius 1 is 1.06 bits per heavy atom. The van der Waals surface area contributed by atoms with Gasteiger partial charge < -0.3 is 19.5 Å². The topological polar surface area (TPSA) is 100 Å². The largest absolute Gasteiger partial charge is 0.493 e. The maximum absolute atomic E-state index is 13.5. The van der Waals surface area contributed by atoms with E-state index in [0.29, 0.717) is 40.6 Å². The number of alkyl halides is 3. The Hall–Kier alpha value is -4.09. The van der Waals surface area contributed by atoms with Crippen LogP contribution in [-0.4, -0.2) is 46.9 Å². The fourth-order valence-electron chi connectivity index (χ4n) is 4.72. The number of rotatable bonds is 5. The van der Waals surface area contributed by atoms with Crippen LogP contribution in [0.1, 0.15) is 41.9 Å². The van der Waals surface area contributed by atoms with Gasteiger partial charge in [0.1, 0.15) is 6.04 Å². The lowest BCUT2D eigenvalue weighted by atomic mass is 9.78. The Labute approximate surface area is 203 Å². The van der Waals surface area contributed by atoms with Crippen molar-refractivity contribution in [2.24, 2.45) is 0 Å². The van der Waals surface area contributed by atoms with Crippen LogP contribution >= 0.6 is 0 Å². The van der Waals surface area contributed by atoms with Crippen LogP contribution in [0.4, 0.5) is 19.1 Å². The summed E-state index contributed by atoms with van der Waals surface area (Å²) in [7, 11) is 4.49. The van der Waals surface area contributed by atoms with Crippen LogP contribution < -0.4 is 19.5 Å². The zero-order chi connectivity index (χ0) is 25.6. The first kappa shape index (κ1) is 23.6. The summed E-state index contributed by atoms with van der Waals surface area (Å²) in [6.45, 7) is 0. The molecule has 3 aromatic rings. The van der Waals surface area contributed by atoms with E-state index in [0.717, 1.165) is 10.2 Å². The summed E-state index contributed by atoms with van der Waals surface area (Å²) in [6.07, 6.45) is -2.76. The van der Waals surface area contributed by atoms with Gasteiger partial charge >= 0.3 is 6.18 Å². The van der Waals surface area contributed by atoms with Gasteiger partial charge in [-0.2, -0.15) is 18.2 Å². The van der Waals surface area contributed by atoms with Crippen molar-refractivity contribution in [1.82, 2.24) is 19.7 Å². The van der Waals surface area contributed by atoms with E-state index in [2.05, 4.69) is 20.4 Å². The highest BCUT2D eigenvalue weighted by atomic mass is 19.4. The summed E-state index contributed by atoms with van der Waals surface area (Å²) in [5.74, 6) is -0.612. The molecular weight excluding hydrogens is 479 g/mol. The van der Waals surface area contributed by atoms with Crippen molar-refractivity contribution < 1.29 is 32.2 Å².